The minimum Gasteiger partial charge on any atom is -0.480 e. The van der Waals surface area contributed by atoms with Crippen LogP contribution in [0.4, 0.5) is 0 Å². The number of nitrogens with one attached hydrogen (secondary N) is 1. The summed E-state index contributed by atoms with van der Waals surface area (Å²) in [7, 11) is 0. The van der Waals surface area contributed by atoms with Crippen molar-refractivity contribution in [2.75, 3.05) is 0 Å². The zero-order chi connectivity index (χ0) is 11.8. The molecule has 2 atom stereocenters. The molecule has 3 nitrogen and oxygen atoms in total. The quantitative estimate of drug-likeness (QED) is 0.830. The van der Waals surface area contributed by atoms with Gasteiger partial charge in [-0.25, -0.2) is 0 Å². The van der Waals surface area contributed by atoms with Crippen molar-refractivity contribution in [2.24, 2.45) is 5.92 Å². The monoisotopic (exact) mass is 239 g/mol. The van der Waals surface area contributed by atoms with Crippen LogP contribution in [0.15, 0.2) is 16.8 Å². The lowest BCUT2D eigenvalue weighted by Gasteiger charge is -2.30. The predicted molar refractivity (Wildman–Crippen MR) is 64.6 cm³/mol. The van der Waals surface area contributed by atoms with E-state index in [9.17, 15) is 9.90 Å². The van der Waals surface area contributed by atoms with E-state index in [-0.39, 0.29) is 12.0 Å². The fourth-order valence-corrected chi connectivity index (χ4v) is 2.82. The van der Waals surface area contributed by atoms with Gasteiger partial charge in [-0.3, -0.25) is 10.1 Å². The molecule has 0 saturated heterocycles. The molecule has 0 radical (unpaired) electrons. The van der Waals surface area contributed by atoms with E-state index >= 15 is 0 Å². The molecule has 88 valence electrons. The first-order chi connectivity index (χ1) is 7.54. The summed E-state index contributed by atoms with van der Waals surface area (Å²) in [6, 6.07) is 2.13. The second-order valence-electron chi connectivity index (χ2n) is 4.70. The molecule has 16 heavy (non-hydrogen) atoms. The van der Waals surface area contributed by atoms with Crippen molar-refractivity contribution in [2.45, 2.75) is 38.3 Å². The molecule has 1 aliphatic carbocycles. The molecule has 0 bridgehead atoms. The van der Waals surface area contributed by atoms with Gasteiger partial charge in [-0.05, 0) is 55.0 Å². The minimum atomic E-state index is -0.776. The average Bonchev–Trinajstić information content (AvgIpc) is 2.94. The molecule has 0 spiro atoms. The van der Waals surface area contributed by atoms with Gasteiger partial charge in [-0.1, -0.05) is 0 Å². The smallest absolute Gasteiger partial charge is 0.323 e. The molecule has 2 unspecified atom stereocenters. The van der Waals surface area contributed by atoms with E-state index in [4.69, 9.17) is 0 Å². The van der Waals surface area contributed by atoms with Crippen molar-refractivity contribution in [1.82, 2.24) is 5.32 Å². The first-order valence-electron chi connectivity index (χ1n) is 5.57. The fraction of sp³-hybridized carbons (Fsp3) is 0.583. The van der Waals surface area contributed by atoms with E-state index in [1.54, 1.807) is 18.3 Å². The Bertz CT molecular complexity index is 372. The van der Waals surface area contributed by atoms with Crippen LogP contribution in [0.5, 0.6) is 0 Å². The van der Waals surface area contributed by atoms with Crippen molar-refractivity contribution < 1.29 is 9.90 Å². The maximum absolute atomic E-state index is 11.3. The third kappa shape index (κ3) is 2.13. The number of carboxylic acid groups (broad SMARTS) is 1. The van der Waals surface area contributed by atoms with Crippen LogP contribution in [0.25, 0.3) is 0 Å². The molecule has 2 rings (SSSR count). The van der Waals surface area contributed by atoms with Crippen LogP contribution in [0.1, 0.15) is 38.3 Å². The highest BCUT2D eigenvalue weighted by molar-refractivity contribution is 7.07. The number of hydrogen-bond donors (Lipinski definition) is 2. The van der Waals surface area contributed by atoms with E-state index < -0.39 is 11.5 Å². The zero-order valence-corrected chi connectivity index (χ0v) is 10.4. The summed E-state index contributed by atoms with van der Waals surface area (Å²) in [5.74, 6) is -0.455. The van der Waals surface area contributed by atoms with Gasteiger partial charge in [0.15, 0.2) is 0 Å². The van der Waals surface area contributed by atoms with Crippen LogP contribution in [-0.2, 0) is 4.79 Å². The van der Waals surface area contributed by atoms with Crippen LogP contribution in [0.2, 0.25) is 0 Å². The number of carboxylic acids is 1. The lowest BCUT2D eigenvalue weighted by atomic mass is 9.94. The van der Waals surface area contributed by atoms with Gasteiger partial charge in [-0.15, -0.1) is 0 Å². The van der Waals surface area contributed by atoms with Gasteiger partial charge in [0.05, 0.1) is 0 Å². The first kappa shape index (κ1) is 11.6. The Hall–Kier alpha value is -0.870. The number of rotatable bonds is 5. The number of hydrogen-bond acceptors (Lipinski definition) is 3. The highest BCUT2D eigenvalue weighted by Gasteiger charge is 2.48. The zero-order valence-electron chi connectivity index (χ0n) is 9.56. The molecule has 4 heteroatoms. The Labute approximate surface area is 99.5 Å². The molecule has 1 aromatic rings. The van der Waals surface area contributed by atoms with Gasteiger partial charge in [0.25, 0.3) is 0 Å². The molecule has 0 aliphatic heterocycles. The van der Waals surface area contributed by atoms with E-state index in [2.05, 4.69) is 10.7 Å². The number of carbonyl (C=O) groups is 1. The summed E-state index contributed by atoms with van der Waals surface area (Å²) >= 11 is 1.64. The van der Waals surface area contributed by atoms with Crippen molar-refractivity contribution in [3.63, 3.8) is 0 Å². The summed E-state index contributed by atoms with van der Waals surface area (Å²) in [5.41, 5.74) is 0.388. The second kappa shape index (κ2) is 4.18. The van der Waals surface area contributed by atoms with Gasteiger partial charge in [-0.2, -0.15) is 11.3 Å². The highest BCUT2D eigenvalue weighted by Crippen LogP contribution is 2.41. The Kier molecular flexibility index (Phi) is 3.04. The molecule has 1 heterocycles. The molecule has 1 aliphatic rings. The van der Waals surface area contributed by atoms with E-state index in [1.807, 2.05) is 18.4 Å². The maximum Gasteiger partial charge on any atom is 0.323 e. The van der Waals surface area contributed by atoms with E-state index in [0.29, 0.717) is 0 Å². The van der Waals surface area contributed by atoms with Crippen LogP contribution in [0, 0.1) is 5.92 Å². The largest absolute Gasteiger partial charge is 0.480 e. The van der Waals surface area contributed by atoms with Crippen molar-refractivity contribution in [1.29, 1.82) is 0 Å². The topological polar surface area (TPSA) is 49.3 Å². The average molecular weight is 239 g/mol. The molecular formula is C12H17NO2S. The number of thiophene rings is 1. The van der Waals surface area contributed by atoms with Crippen molar-refractivity contribution in [3.8, 4) is 0 Å². The summed E-state index contributed by atoms with van der Waals surface area (Å²) < 4.78 is 0. The van der Waals surface area contributed by atoms with Crippen LogP contribution in [0.3, 0.4) is 0 Å². The first-order valence-corrected chi connectivity index (χ1v) is 6.51. The van der Waals surface area contributed by atoms with E-state index in [0.717, 1.165) is 18.4 Å². The molecule has 0 aromatic carbocycles. The molecular weight excluding hydrogens is 222 g/mol. The van der Waals surface area contributed by atoms with Crippen molar-refractivity contribution in [3.05, 3.63) is 22.4 Å². The van der Waals surface area contributed by atoms with Crippen LogP contribution >= 0.6 is 11.3 Å². The fourth-order valence-electron chi connectivity index (χ4n) is 2.07. The molecule has 1 fully saturated rings. The number of aliphatic carboxylic acids is 1. The SMILES string of the molecule is CC(NC(C)(C(=O)O)C1CC1)c1ccsc1. The van der Waals surface area contributed by atoms with Gasteiger partial charge in [0.1, 0.15) is 5.54 Å². The van der Waals surface area contributed by atoms with E-state index in [1.165, 1.54) is 0 Å². The molecule has 1 saturated carbocycles. The summed E-state index contributed by atoms with van der Waals surface area (Å²) in [5, 5.41) is 16.7. The lowest BCUT2D eigenvalue weighted by molar-refractivity contribution is -0.145. The van der Waals surface area contributed by atoms with Crippen LogP contribution < -0.4 is 5.32 Å². The van der Waals surface area contributed by atoms with Gasteiger partial charge in [0, 0.05) is 6.04 Å². The molecule has 1 aromatic heterocycles. The van der Waals surface area contributed by atoms with Gasteiger partial charge < -0.3 is 5.11 Å². The second-order valence-corrected chi connectivity index (χ2v) is 5.48. The summed E-state index contributed by atoms with van der Waals surface area (Å²) in [4.78, 5) is 11.3. The standard InChI is InChI=1S/C12H17NO2S/c1-8(9-5-6-16-7-9)13-12(2,11(14)15)10-3-4-10/h5-8,10,13H,3-4H2,1-2H3,(H,14,15). The molecule has 2 N–H and O–H groups in total. The Morgan fingerprint density at radius 1 is 1.69 bits per heavy atom. The molecule has 0 amide bonds. The maximum atomic E-state index is 11.3. The Morgan fingerprint density at radius 3 is 2.81 bits per heavy atom. The normalized spacial score (nSPS) is 21.4. The third-order valence-corrected chi connectivity index (χ3v) is 4.10. The predicted octanol–water partition coefficient (Wildman–Crippen LogP) is 2.65. The Balaban J connectivity index is 2.09. The summed E-state index contributed by atoms with van der Waals surface area (Å²) in [6.45, 7) is 3.82. The highest BCUT2D eigenvalue weighted by atomic mass is 32.1. The minimum absolute atomic E-state index is 0.0907. The summed E-state index contributed by atoms with van der Waals surface area (Å²) in [6.07, 6.45) is 2.04. The Morgan fingerprint density at radius 2 is 2.38 bits per heavy atom. The van der Waals surface area contributed by atoms with Crippen molar-refractivity contribution >= 4 is 17.3 Å². The van der Waals surface area contributed by atoms with Gasteiger partial charge in [0.2, 0.25) is 0 Å². The lowest BCUT2D eigenvalue weighted by Crippen LogP contribution is -2.52. The van der Waals surface area contributed by atoms with Gasteiger partial charge >= 0.3 is 5.97 Å². The third-order valence-electron chi connectivity index (χ3n) is 3.40. The van der Waals surface area contributed by atoms with Crippen LogP contribution in [-0.4, -0.2) is 16.6 Å².